The van der Waals surface area contributed by atoms with Crippen molar-refractivity contribution in [1.82, 2.24) is 0 Å². The molecular weight excluding hydrogens is 256 g/mol. The Morgan fingerprint density at radius 2 is 1.70 bits per heavy atom. The number of hydrogen-bond acceptors (Lipinski definition) is 2. The van der Waals surface area contributed by atoms with Gasteiger partial charge in [-0.2, -0.15) is 0 Å². The predicted molar refractivity (Wildman–Crippen MR) is 75.0 cm³/mol. The lowest BCUT2D eigenvalue weighted by Crippen LogP contribution is -2.39. The van der Waals surface area contributed by atoms with Crippen LogP contribution < -0.4 is 0 Å². The lowest BCUT2D eigenvalue weighted by Gasteiger charge is -2.37. The molecule has 0 spiro atoms. The highest BCUT2D eigenvalue weighted by molar-refractivity contribution is 5.98. The van der Waals surface area contributed by atoms with E-state index in [0.29, 0.717) is 5.57 Å². The van der Waals surface area contributed by atoms with Crippen LogP contribution in [0.5, 0.6) is 0 Å². The van der Waals surface area contributed by atoms with Gasteiger partial charge in [-0.1, -0.05) is 49.4 Å². The normalized spacial score (nSPS) is 25.6. The van der Waals surface area contributed by atoms with Crippen molar-refractivity contribution in [2.24, 2.45) is 11.3 Å². The molecule has 20 heavy (non-hydrogen) atoms. The molecule has 4 nitrogen and oxygen atoms in total. The predicted octanol–water partition coefficient (Wildman–Crippen LogP) is 2.82. The first-order chi connectivity index (χ1) is 9.39. The third-order valence-corrected chi connectivity index (χ3v) is 4.10. The average molecular weight is 272 g/mol. The van der Waals surface area contributed by atoms with Gasteiger partial charge in [0.1, 0.15) is 0 Å². The van der Waals surface area contributed by atoms with E-state index < -0.39 is 23.3 Å². The first kappa shape index (κ1) is 14.1. The van der Waals surface area contributed by atoms with E-state index in [1.165, 1.54) is 6.08 Å². The molecule has 1 aromatic rings. The molecule has 0 heterocycles. The number of carboxylic acids is 2. The van der Waals surface area contributed by atoms with Gasteiger partial charge < -0.3 is 10.2 Å². The number of hydrogen-bond donors (Lipinski definition) is 2. The van der Waals surface area contributed by atoms with E-state index >= 15 is 0 Å². The van der Waals surface area contributed by atoms with E-state index in [0.717, 1.165) is 5.56 Å². The zero-order valence-corrected chi connectivity index (χ0v) is 11.3. The van der Waals surface area contributed by atoms with Crippen molar-refractivity contribution in [3.63, 3.8) is 0 Å². The largest absolute Gasteiger partial charge is 0.481 e. The molecular formula is C16H16O4. The fourth-order valence-electron chi connectivity index (χ4n) is 2.61. The van der Waals surface area contributed by atoms with Crippen LogP contribution in [0.3, 0.4) is 0 Å². The lowest BCUT2D eigenvalue weighted by atomic mass is 9.64. The number of benzene rings is 1. The average Bonchev–Trinajstić information content (AvgIpc) is 2.42. The van der Waals surface area contributed by atoms with Crippen molar-refractivity contribution in [2.75, 3.05) is 0 Å². The molecule has 0 saturated carbocycles. The third-order valence-electron chi connectivity index (χ3n) is 4.10. The monoisotopic (exact) mass is 272 g/mol. The minimum atomic E-state index is -1.26. The standard InChI is InChI=1S/C16H16O4/c1-10-12(14(17)18)8-9-13(16(10,2)15(19)20)11-6-4-3-5-7-11/h3-10H,1-2H3,(H,17,18)(H,19,20). The molecule has 0 aromatic heterocycles. The number of rotatable bonds is 3. The molecule has 2 unspecified atom stereocenters. The van der Waals surface area contributed by atoms with Crippen LogP contribution in [-0.2, 0) is 9.59 Å². The Labute approximate surface area is 117 Å². The highest BCUT2D eigenvalue weighted by atomic mass is 16.4. The Morgan fingerprint density at radius 1 is 1.10 bits per heavy atom. The SMILES string of the molecule is CC1C(C(=O)O)=CC=C(c2ccccc2)C1(C)C(=O)O. The van der Waals surface area contributed by atoms with Crippen molar-refractivity contribution in [3.05, 3.63) is 53.6 Å². The molecule has 104 valence electrons. The van der Waals surface area contributed by atoms with Gasteiger partial charge in [0.25, 0.3) is 0 Å². The maximum Gasteiger partial charge on any atom is 0.331 e. The zero-order chi connectivity index (χ0) is 14.9. The first-order valence-corrected chi connectivity index (χ1v) is 6.33. The minimum absolute atomic E-state index is 0.120. The van der Waals surface area contributed by atoms with Gasteiger partial charge in [-0.3, -0.25) is 4.79 Å². The van der Waals surface area contributed by atoms with Gasteiger partial charge in [0.05, 0.1) is 5.41 Å². The van der Waals surface area contributed by atoms with Gasteiger partial charge in [0.15, 0.2) is 0 Å². The Morgan fingerprint density at radius 3 is 2.20 bits per heavy atom. The second-order valence-electron chi connectivity index (χ2n) is 5.10. The second kappa shape index (κ2) is 4.96. The van der Waals surface area contributed by atoms with E-state index in [2.05, 4.69) is 0 Å². The first-order valence-electron chi connectivity index (χ1n) is 6.33. The Hall–Kier alpha value is -2.36. The Kier molecular flexibility index (Phi) is 3.49. The molecule has 2 rings (SSSR count). The van der Waals surface area contributed by atoms with Crippen LogP contribution in [0.1, 0.15) is 19.4 Å². The third kappa shape index (κ3) is 2.03. The zero-order valence-electron chi connectivity index (χ0n) is 11.3. The van der Waals surface area contributed by atoms with Crippen LogP contribution in [0, 0.1) is 11.3 Å². The van der Waals surface area contributed by atoms with E-state index in [4.69, 9.17) is 0 Å². The van der Waals surface area contributed by atoms with Gasteiger partial charge >= 0.3 is 11.9 Å². The topological polar surface area (TPSA) is 74.6 Å². The summed E-state index contributed by atoms with van der Waals surface area (Å²) in [5.74, 6) is -2.71. The summed E-state index contributed by atoms with van der Waals surface area (Å²) in [5.41, 5.74) is 0.284. The van der Waals surface area contributed by atoms with Crippen LogP contribution in [-0.4, -0.2) is 22.2 Å². The highest BCUT2D eigenvalue weighted by Crippen LogP contribution is 2.47. The van der Waals surface area contributed by atoms with Gasteiger partial charge in [-0.05, 0) is 18.1 Å². The molecule has 0 fully saturated rings. The van der Waals surface area contributed by atoms with E-state index in [1.54, 1.807) is 19.9 Å². The van der Waals surface area contributed by atoms with Crippen LogP contribution >= 0.6 is 0 Å². The fourth-order valence-corrected chi connectivity index (χ4v) is 2.61. The van der Waals surface area contributed by atoms with Gasteiger partial charge in [-0.25, -0.2) is 4.79 Å². The summed E-state index contributed by atoms with van der Waals surface area (Å²) in [6, 6.07) is 9.19. The molecule has 2 N–H and O–H groups in total. The summed E-state index contributed by atoms with van der Waals surface area (Å²) in [4.78, 5) is 23.0. The molecule has 2 atom stereocenters. The van der Waals surface area contributed by atoms with E-state index in [-0.39, 0.29) is 5.57 Å². The number of allylic oxidation sites excluding steroid dienone is 2. The maximum absolute atomic E-state index is 11.8. The van der Waals surface area contributed by atoms with Gasteiger partial charge in [0.2, 0.25) is 0 Å². The summed E-state index contributed by atoms with van der Waals surface area (Å²) in [6.45, 7) is 3.22. The van der Waals surface area contributed by atoms with Crippen LogP contribution in [0.15, 0.2) is 48.1 Å². The summed E-state index contributed by atoms with van der Waals surface area (Å²) < 4.78 is 0. The van der Waals surface area contributed by atoms with Crippen molar-refractivity contribution < 1.29 is 19.8 Å². The molecule has 0 amide bonds. The van der Waals surface area contributed by atoms with Crippen molar-refractivity contribution in [2.45, 2.75) is 13.8 Å². The van der Waals surface area contributed by atoms with Gasteiger partial charge in [0, 0.05) is 11.5 Å². The quantitative estimate of drug-likeness (QED) is 0.887. The molecule has 0 saturated heterocycles. The number of carboxylic acid groups (broad SMARTS) is 2. The number of aliphatic carboxylic acids is 2. The Bertz CT molecular complexity index is 613. The van der Waals surface area contributed by atoms with E-state index in [9.17, 15) is 19.8 Å². The molecule has 4 heteroatoms. The molecule has 1 aromatic carbocycles. The van der Waals surface area contributed by atoms with Crippen LogP contribution in [0.2, 0.25) is 0 Å². The molecule has 1 aliphatic carbocycles. The molecule has 0 radical (unpaired) electrons. The molecule has 0 aliphatic heterocycles. The summed E-state index contributed by atoms with van der Waals surface area (Å²) in [6.07, 6.45) is 3.10. The maximum atomic E-state index is 11.8. The van der Waals surface area contributed by atoms with Crippen molar-refractivity contribution in [3.8, 4) is 0 Å². The molecule has 0 bridgehead atoms. The van der Waals surface area contributed by atoms with Crippen molar-refractivity contribution >= 4 is 17.5 Å². The second-order valence-corrected chi connectivity index (χ2v) is 5.10. The summed E-state index contributed by atoms with van der Waals surface area (Å²) in [5, 5.41) is 18.8. The van der Waals surface area contributed by atoms with Crippen LogP contribution in [0.25, 0.3) is 5.57 Å². The lowest BCUT2D eigenvalue weighted by molar-refractivity contribution is -0.146. The van der Waals surface area contributed by atoms with Crippen molar-refractivity contribution in [1.29, 1.82) is 0 Å². The summed E-state index contributed by atoms with van der Waals surface area (Å²) in [7, 11) is 0. The molecule has 1 aliphatic rings. The smallest absolute Gasteiger partial charge is 0.331 e. The number of carbonyl (C=O) groups is 2. The summed E-state index contributed by atoms with van der Waals surface area (Å²) >= 11 is 0. The fraction of sp³-hybridized carbons (Fsp3) is 0.250. The minimum Gasteiger partial charge on any atom is -0.481 e. The van der Waals surface area contributed by atoms with E-state index in [1.807, 2.05) is 30.3 Å². The van der Waals surface area contributed by atoms with Crippen LogP contribution in [0.4, 0.5) is 0 Å². The highest BCUT2D eigenvalue weighted by Gasteiger charge is 2.47. The van der Waals surface area contributed by atoms with Gasteiger partial charge in [-0.15, -0.1) is 0 Å². The Balaban J connectivity index is 2.64.